The molecule has 0 spiro atoms. The highest BCUT2D eigenvalue weighted by molar-refractivity contribution is 6.31. The molecular formula is C19H30ClN3O2. The van der Waals surface area contributed by atoms with Crippen LogP contribution >= 0.6 is 11.6 Å². The standard InChI is InChI=1S/C19H30ClN3O2/c1-18(2,24-4)13-22-17(21-3)23-14-19(9-11-25-12-10-19)15-7-5-6-8-16(15)20/h5-8H,9-14H2,1-4H3,(H2,21,22,23). The lowest BCUT2D eigenvalue weighted by molar-refractivity contribution is 0.0267. The van der Waals surface area contributed by atoms with Crippen LogP contribution in [0.15, 0.2) is 29.3 Å². The molecule has 2 rings (SSSR count). The predicted molar refractivity (Wildman–Crippen MR) is 104 cm³/mol. The fourth-order valence-electron chi connectivity index (χ4n) is 3.04. The number of hydrogen-bond acceptors (Lipinski definition) is 3. The molecular weight excluding hydrogens is 338 g/mol. The van der Waals surface area contributed by atoms with Crippen LogP contribution in [0.25, 0.3) is 0 Å². The second kappa shape index (κ2) is 8.88. The summed E-state index contributed by atoms with van der Waals surface area (Å²) >= 11 is 6.51. The maximum Gasteiger partial charge on any atom is 0.191 e. The van der Waals surface area contributed by atoms with E-state index in [1.807, 2.05) is 32.0 Å². The van der Waals surface area contributed by atoms with Crippen molar-refractivity contribution in [3.05, 3.63) is 34.9 Å². The lowest BCUT2D eigenvalue weighted by Crippen LogP contribution is -2.50. The molecule has 1 aliphatic rings. The molecule has 6 heteroatoms. The number of ether oxygens (including phenoxy) is 2. The average Bonchev–Trinajstić information content (AvgIpc) is 2.63. The molecule has 0 bridgehead atoms. The van der Waals surface area contributed by atoms with E-state index in [4.69, 9.17) is 21.1 Å². The minimum atomic E-state index is -0.253. The van der Waals surface area contributed by atoms with Crippen LogP contribution in [-0.4, -0.2) is 52.0 Å². The van der Waals surface area contributed by atoms with Crippen LogP contribution in [0.4, 0.5) is 0 Å². The summed E-state index contributed by atoms with van der Waals surface area (Å²) in [5.41, 5.74) is 0.877. The zero-order valence-corrected chi connectivity index (χ0v) is 16.4. The Hall–Kier alpha value is -1.30. The number of nitrogens with one attached hydrogen (secondary N) is 2. The average molecular weight is 368 g/mol. The first-order valence-electron chi connectivity index (χ1n) is 8.75. The van der Waals surface area contributed by atoms with Crippen molar-refractivity contribution in [1.29, 1.82) is 0 Å². The Labute approximate surface area is 156 Å². The molecule has 0 saturated carbocycles. The molecule has 0 radical (unpaired) electrons. The van der Waals surface area contributed by atoms with Gasteiger partial charge in [-0.25, -0.2) is 0 Å². The van der Waals surface area contributed by atoms with E-state index in [1.54, 1.807) is 14.2 Å². The first-order valence-corrected chi connectivity index (χ1v) is 9.13. The summed E-state index contributed by atoms with van der Waals surface area (Å²) in [5.74, 6) is 0.767. The van der Waals surface area contributed by atoms with Crippen molar-refractivity contribution in [3.8, 4) is 0 Å². The Morgan fingerprint density at radius 1 is 1.28 bits per heavy atom. The summed E-state index contributed by atoms with van der Waals surface area (Å²) in [6.45, 7) is 7.00. The highest BCUT2D eigenvalue weighted by Gasteiger charge is 2.36. The molecule has 1 fully saturated rings. The molecule has 5 nitrogen and oxygen atoms in total. The van der Waals surface area contributed by atoms with Gasteiger partial charge in [0.05, 0.1) is 5.60 Å². The van der Waals surface area contributed by atoms with Crippen LogP contribution in [0.3, 0.4) is 0 Å². The molecule has 1 saturated heterocycles. The van der Waals surface area contributed by atoms with Crippen molar-refractivity contribution in [2.24, 2.45) is 4.99 Å². The number of nitrogens with zero attached hydrogens (tertiary/aromatic N) is 1. The Balaban J connectivity index is 2.09. The van der Waals surface area contributed by atoms with E-state index in [2.05, 4.69) is 21.7 Å². The maximum absolute atomic E-state index is 6.51. The van der Waals surface area contributed by atoms with E-state index >= 15 is 0 Å². The number of methoxy groups -OCH3 is 1. The number of rotatable bonds is 6. The number of hydrogen-bond donors (Lipinski definition) is 2. The third kappa shape index (κ3) is 5.33. The lowest BCUT2D eigenvalue weighted by Gasteiger charge is -2.39. The SMILES string of the molecule is CN=C(NCC(C)(C)OC)NCC1(c2ccccc2Cl)CCOCC1. The van der Waals surface area contributed by atoms with Crippen LogP contribution < -0.4 is 10.6 Å². The largest absolute Gasteiger partial charge is 0.381 e. The predicted octanol–water partition coefficient (Wildman–Crippen LogP) is 2.98. The molecule has 140 valence electrons. The summed E-state index contributed by atoms with van der Waals surface area (Å²) in [6.07, 6.45) is 1.87. The molecule has 25 heavy (non-hydrogen) atoms. The van der Waals surface area contributed by atoms with Crippen LogP contribution in [0.2, 0.25) is 5.02 Å². The van der Waals surface area contributed by atoms with Gasteiger partial charge in [-0.05, 0) is 38.3 Å². The van der Waals surface area contributed by atoms with E-state index in [0.29, 0.717) is 6.54 Å². The van der Waals surface area contributed by atoms with Gasteiger partial charge in [0, 0.05) is 50.9 Å². The van der Waals surface area contributed by atoms with Crippen molar-refractivity contribution in [3.63, 3.8) is 0 Å². The summed E-state index contributed by atoms with van der Waals surface area (Å²) in [5, 5.41) is 7.62. The maximum atomic E-state index is 6.51. The topological polar surface area (TPSA) is 54.9 Å². The molecule has 1 aromatic carbocycles. The van der Waals surface area contributed by atoms with Gasteiger partial charge in [-0.3, -0.25) is 4.99 Å². The van der Waals surface area contributed by atoms with Gasteiger partial charge in [0.15, 0.2) is 5.96 Å². The van der Waals surface area contributed by atoms with Gasteiger partial charge in [-0.2, -0.15) is 0 Å². The van der Waals surface area contributed by atoms with Crippen molar-refractivity contribution in [2.45, 2.75) is 37.7 Å². The summed E-state index contributed by atoms with van der Waals surface area (Å²) in [4.78, 5) is 4.33. The molecule has 0 aliphatic carbocycles. The lowest BCUT2D eigenvalue weighted by atomic mass is 9.74. The molecule has 1 aromatic rings. The Morgan fingerprint density at radius 3 is 2.56 bits per heavy atom. The second-order valence-electron chi connectivity index (χ2n) is 7.12. The van der Waals surface area contributed by atoms with Crippen LogP contribution in [-0.2, 0) is 14.9 Å². The van der Waals surface area contributed by atoms with Gasteiger partial charge in [-0.1, -0.05) is 29.8 Å². The van der Waals surface area contributed by atoms with Crippen molar-refractivity contribution in [1.82, 2.24) is 10.6 Å². The third-order valence-electron chi connectivity index (χ3n) is 4.95. The number of aliphatic imine (C=N–C) groups is 1. The van der Waals surface area contributed by atoms with Gasteiger partial charge in [0.25, 0.3) is 0 Å². The summed E-state index contributed by atoms with van der Waals surface area (Å²) in [6, 6.07) is 8.11. The second-order valence-corrected chi connectivity index (χ2v) is 7.52. The number of benzene rings is 1. The number of halogens is 1. The quantitative estimate of drug-likeness (QED) is 0.599. The highest BCUT2D eigenvalue weighted by Crippen LogP contribution is 2.38. The Bertz CT molecular complexity index is 584. The van der Waals surface area contributed by atoms with Crippen LogP contribution in [0.1, 0.15) is 32.3 Å². The summed E-state index contributed by atoms with van der Waals surface area (Å²) < 4.78 is 11.0. The zero-order valence-electron chi connectivity index (χ0n) is 15.7. The molecule has 1 heterocycles. The van der Waals surface area contributed by atoms with Crippen molar-refractivity contribution in [2.75, 3.05) is 40.5 Å². The molecule has 0 unspecified atom stereocenters. The Kier molecular flexibility index (Phi) is 7.11. The minimum Gasteiger partial charge on any atom is -0.381 e. The molecule has 0 aromatic heterocycles. The molecule has 2 N–H and O–H groups in total. The zero-order chi connectivity index (χ0) is 18.3. The fourth-order valence-corrected chi connectivity index (χ4v) is 3.37. The molecule has 0 amide bonds. The van der Waals surface area contributed by atoms with Crippen LogP contribution in [0, 0.1) is 0 Å². The van der Waals surface area contributed by atoms with Gasteiger partial charge in [0.2, 0.25) is 0 Å². The van der Waals surface area contributed by atoms with E-state index in [-0.39, 0.29) is 11.0 Å². The first-order chi connectivity index (χ1) is 11.9. The number of guanidine groups is 1. The van der Waals surface area contributed by atoms with E-state index in [0.717, 1.165) is 43.6 Å². The van der Waals surface area contributed by atoms with Gasteiger partial charge in [-0.15, -0.1) is 0 Å². The Morgan fingerprint density at radius 2 is 1.96 bits per heavy atom. The first kappa shape index (κ1) is 20.0. The molecule has 0 atom stereocenters. The van der Waals surface area contributed by atoms with E-state index in [1.165, 1.54) is 5.56 Å². The smallest absolute Gasteiger partial charge is 0.191 e. The minimum absolute atomic E-state index is 0.0506. The monoisotopic (exact) mass is 367 g/mol. The van der Waals surface area contributed by atoms with Crippen molar-refractivity contribution < 1.29 is 9.47 Å². The van der Waals surface area contributed by atoms with Crippen LogP contribution in [0.5, 0.6) is 0 Å². The highest BCUT2D eigenvalue weighted by atomic mass is 35.5. The van der Waals surface area contributed by atoms with Gasteiger partial charge in [0.1, 0.15) is 0 Å². The van der Waals surface area contributed by atoms with E-state index < -0.39 is 0 Å². The van der Waals surface area contributed by atoms with Gasteiger partial charge >= 0.3 is 0 Å². The normalized spacial score (nSPS) is 18.0. The fraction of sp³-hybridized carbons (Fsp3) is 0.632. The third-order valence-corrected chi connectivity index (χ3v) is 5.28. The van der Waals surface area contributed by atoms with Gasteiger partial charge < -0.3 is 20.1 Å². The summed E-state index contributed by atoms with van der Waals surface area (Å²) in [7, 11) is 3.49. The van der Waals surface area contributed by atoms with E-state index in [9.17, 15) is 0 Å². The molecule has 1 aliphatic heterocycles. The van der Waals surface area contributed by atoms with Crippen molar-refractivity contribution >= 4 is 17.6 Å².